The Labute approximate surface area is 147 Å². The average Bonchev–Trinajstić information content (AvgIpc) is 2.55. The molecule has 0 aromatic heterocycles. The van der Waals surface area contributed by atoms with Crippen molar-refractivity contribution < 1.29 is 14.3 Å². The van der Waals surface area contributed by atoms with Crippen LogP contribution in [0.1, 0.15) is 20.7 Å². The van der Waals surface area contributed by atoms with Gasteiger partial charge in [0.15, 0.2) is 5.11 Å². The second kappa shape index (κ2) is 7.85. The van der Waals surface area contributed by atoms with Crippen molar-refractivity contribution in [3.05, 3.63) is 64.1 Å². The SMILES string of the molecule is COC(=O)c1ccc(NC(=S)NC(=O)c2ccccc2Br)cc1. The van der Waals surface area contributed by atoms with E-state index in [9.17, 15) is 9.59 Å². The number of nitrogens with one attached hydrogen (secondary N) is 2. The van der Waals surface area contributed by atoms with Crippen LogP contribution >= 0.6 is 28.1 Å². The first-order valence-corrected chi connectivity index (χ1v) is 7.76. The van der Waals surface area contributed by atoms with Gasteiger partial charge in [0.05, 0.1) is 18.2 Å². The highest BCUT2D eigenvalue weighted by atomic mass is 79.9. The van der Waals surface area contributed by atoms with Gasteiger partial charge in [0.1, 0.15) is 0 Å². The van der Waals surface area contributed by atoms with Crippen LogP contribution < -0.4 is 10.6 Å². The summed E-state index contributed by atoms with van der Waals surface area (Å²) < 4.78 is 5.31. The molecule has 0 unspecified atom stereocenters. The summed E-state index contributed by atoms with van der Waals surface area (Å²) >= 11 is 8.43. The summed E-state index contributed by atoms with van der Waals surface area (Å²) in [7, 11) is 1.32. The van der Waals surface area contributed by atoms with Crippen LogP contribution in [0.5, 0.6) is 0 Å². The number of methoxy groups -OCH3 is 1. The summed E-state index contributed by atoms with van der Waals surface area (Å²) in [4.78, 5) is 23.5. The number of hydrogen-bond donors (Lipinski definition) is 2. The van der Waals surface area contributed by atoms with E-state index in [-0.39, 0.29) is 11.0 Å². The van der Waals surface area contributed by atoms with Gasteiger partial charge in [-0.2, -0.15) is 0 Å². The zero-order valence-electron chi connectivity index (χ0n) is 12.1. The van der Waals surface area contributed by atoms with Gasteiger partial charge in [-0.05, 0) is 64.5 Å². The summed E-state index contributed by atoms with van der Waals surface area (Å²) in [5.74, 6) is -0.734. The van der Waals surface area contributed by atoms with Crippen LogP contribution in [-0.4, -0.2) is 24.1 Å². The molecular formula is C16H13BrN2O3S. The van der Waals surface area contributed by atoms with E-state index in [4.69, 9.17) is 12.2 Å². The smallest absolute Gasteiger partial charge is 0.337 e. The van der Waals surface area contributed by atoms with Crippen molar-refractivity contribution in [2.75, 3.05) is 12.4 Å². The molecule has 1 amide bonds. The molecule has 0 aliphatic carbocycles. The van der Waals surface area contributed by atoms with Crippen LogP contribution in [0.2, 0.25) is 0 Å². The summed E-state index contributed by atoms with van der Waals surface area (Å²) in [5, 5.41) is 5.64. The lowest BCUT2D eigenvalue weighted by atomic mass is 10.2. The van der Waals surface area contributed by atoms with Crippen molar-refractivity contribution in [1.29, 1.82) is 0 Å². The Morgan fingerprint density at radius 1 is 1.09 bits per heavy atom. The first kappa shape index (κ1) is 17.1. The van der Waals surface area contributed by atoms with E-state index in [2.05, 4.69) is 31.3 Å². The molecule has 2 aromatic carbocycles. The number of anilines is 1. The zero-order valence-corrected chi connectivity index (χ0v) is 14.5. The number of rotatable bonds is 3. The molecule has 0 spiro atoms. The quantitative estimate of drug-likeness (QED) is 0.619. The number of carbonyl (C=O) groups is 2. The summed E-state index contributed by atoms with van der Waals surface area (Å²) in [5.41, 5.74) is 1.56. The van der Waals surface area contributed by atoms with Crippen molar-refractivity contribution in [2.24, 2.45) is 0 Å². The van der Waals surface area contributed by atoms with E-state index < -0.39 is 5.97 Å². The van der Waals surface area contributed by atoms with Crippen molar-refractivity contribution in [3.63, 3.8) is 0 Å². The molecule has 7 heteroatoms. The molecule has 118 valence electrons. The predicted molar refractivity (Wildman–Crippen MR) is 95.6 cm³/mol. The predicted octanol–water partition coefficient (Wildman–Crippen LogP) is 3.36. The van der Waals surface area contributed by atoms with E-state index >= 15 is 0 Å². The van der Waals surface area contributed by atoms with Gasteiger partial charge in [0, 0.05) is 10.2 Å². The Bertz CT molecular complexity index is 747. The molecular weight excluding hydrogens is 380 g/mol. The fourth-order valence-electron chi connectivity index (χ4n) is 1.79. The lowest BCUT2D eigenvalue weighted by Crippen LogP contribution is -2.34. The fourth-order valence-corrected chi connectivity index (χ4v) is 2.46. The maximum absolute atomic E-state index is 12.1. The van der Waals surface area contributed by atoms with E-state index in [1.807, 2.05) is 6.07 Å². The summed E-state index contributed by atoms with van der Waals surface area (Å²) in [6, 6.07) is 13.6. The Morgan fingerprint density at radius 2 is 1.74 bits per heavy atom. The number of benzene rings is 2. The van der Waals surface area contributed by atoms with Gasteiger partial charge in [-0.3, -0.25) is 10.1 Å². The van der Waals surface area contributed by atoms with Gasteiger partial charge in [-0.1, -0.05) is 12.1 Å². The third-order valence-electron chi connectivity index (χ3n) is 2.91. The second-order valence-corrected chi connectivity index (χ2v) is 5.72. The van der Waals surface area contributed by atoms with Crippen LogP contribution in [0.15, 0.2) is 53.0 Å². The highest BCUT2D eigenvalue weighted by molar-refractivity contribution is 9.10. The van der Waals surface area contributed by atoms with Crippen molar-refractivity contribution >= 4 is 50.8 Å². The topological polar surface area (TPSA) is 67.4 Å². The minimum Gasteiger partial charge on any atom is -0.465 e. The van der Waals surface area contributed by atoms with Crippen LogP contribution in [0.3, 0.4) is 0 Å². The highest BCUT2D eigenvalue weighted by Gasteiger charge is 2.11. The molecule has 23 heavy (non-hydrogen) atoms. The monoisotopic (exact) mass is 392 g/mol. The molecule has 0 saturated heterocycles. The van der Waals surface area contributed by atoms with Crippen molar-refractivity contribution in [1.82, 2.24) is 5.32 Å². The number of halogens is 1. The van der Waals surface area contributed by atoms with Crippen LogP contribution in [0.25, 0.3) is 0 Å². The molecule has 0 bridgehead atoms. The number of ether oxygens (including phenoxy) is 1. The maximum atomic E-state index is 12.1. The molecule has 0 radical (unpaired) electrons. The Hall–Kier alpha value is -2.25. The normalized spacial score (nSPS) is 9.83. The molecule has 2 N–H and O–H groups in total. The maximum Gasteiger partial charge on any atom is 0.337 e. The molecule has 0 saturated carbocycles. The number of esters is 1. The fraction of sp³-hybridized carbons (Fsp3) is 0.0625. The van der Waals surface area contributed by atoms with Crippen LogP contribution in [-0.2, 0) is 4.74 Å². The molecule has 5 nitrogen and oxygen atoms in total. The van der Waals surface area contributed by atoms with Gasteiger partial charge in [-0.25, -0.2) is 4.79 Å². The molecule has 0 fully saturated rings. The average molecular weight is 393 g/mol. The van der Waals surface area contributed by atoms with Gasteiger partial charge in [-0.15, -0.1) is 0 Å². The summed E-state index contributed by atoms with van der Waals surface area (Å²) in [6.07, 6.45) is 0. The molecule has 0 aliphatic heterocycles. The van der Waals surface area contributed by atoms with Crippen LogP contribution in [0.4, 0.5) is 5.69 Å². The zero-order chi connectivity index (χ0) is 16.8. The third kappa shape index (κ3) is 4.61. The molecule has 0 heterocycles. The Balaban J connectivity index is 1.98. The molecule has 2 aromatic rings. The number of amides is 1. The lowest BCUT2D eigenvalue weighted by Gasteiger charge is -2.10. The number of carbonyl (C=O) groups excluding carboxylic acids is 2. The van der Waals surface area contributed by atoms with E-state index in [1.54, 1.807) is 42.5 Å². The first-order chi connectivity index (χ1) is 11.0. The number of hydrogen-bond acceptors (Lipinski definition) is 4. The molecule has 2 rings (SSSR count). The van der Waals surface area contributed by atoms with Crippen molar-refractivity contribution in [2.45, 2.75) is 0 Å². The van der Waals surface area contributed by atoms with Gasteiger partial charge in [0.2, 0.25) is 0 Å². The largest absolute Gasteiger partial charge is 0.465 e. The van der Waals surface area contributed by atoms with Gasteiger partial charge >= 0.3 is 5.97 Å². The van der Waals surface area contributed by atoms with Gasteiger partial charge < -0.3 is 10.1 Å². The van der Waals surface area contributed by atoms with E-state index in [0.29, 0.717) is 21.3 Å². The van der Waals surface area contributed by atoms with E-state index in [1.165, 1.54) is 7.11 Å². The summed E-state index contributed by atoms with van der Waals surface area (Å²) in [6.45, 7) is 0. The Morgan fingerprint density at radius 3 is 2.35 bits per heavy atom. The van der Waals surface area contributed by atoms with Crippen molar-refractivity contribution in [3.8, 4) is 0 Å². The second-order valence-electron chi connectivity index (χ2n) is 4.46. The van der Waals surface area contributed by atoms with E-state index in [0.717, 1.165) is 0 Å². The first-order valence-electron chi connectivity index (χ1n) is 6.56. The third-order valence-corrected chi connectivity index (χ3v) is 3.81. The standard InChI is InChI=1S/C16H13BrN2O3S/c1-22-15(21)10-6-8-11(9-7-10)18-16(23)19-14(20)12-4-2-3-5-13(12)17/h2-9H,1H3,(H2,18,19,20,23). The van der Waals surface area contributed by atoms with Crippen LogP contribution in [0, 0.1) is 0 Å². The highest BCUT2D eigenvalue weighted by Crippen LogP contribution is 2.15. The molecule has 0 atom stereocenters. The van der Waals surface area contributed by atoms with Gasteiger partial charge in [0.25, 0.3) is 5.91 Å². The number of thiocarbonyl (C=S) groups is 1. The lowest BCUT2D eigenvalue weighted by molar-refractivity contribution is 0.0600. The minimum atomic E-state index is -0.415. The Kier molecular flexibility index (Phi) is 5.84. The minimum absolute atomic E-state index is 0.163. The molecule has 0 aliphatic rings.